The van der Waals surface area contributed by atoms with Crippen LogP contribution in [0, 0.1) is 11.8 Å². The van der Waals surface area contributed by atoms with Crippen LogP contribution in [-0.4, -0.2) is 55.1 Å². The van der Waals surface area contributed by atoms with Gasteiger partial charge in [0.2, 0.25) is 11.8 Å². The fourth-order valence-electron chi connectivity index (χ4n) is 3.19. The number of amides is 2. The van der Waals surface area contributed by atoms with E-state index < -0.39 is 6.04 Å². The molecule has 0 aromatic heterocycles. The van der Waals surface area contributed by atoms with Gasteiger partial charge in [0.25, 0.3) is 0 Å². The third kappa shape index (κ3) is 3.95. The van der Waals surface area contributed by atoms with E-state index in [4.69, 9.17) is 10.5 Å². The molecule has 4 unspecified atom stereocenters. The minimum absolute atomic E-state index is 0.0379. The highest BCUT2D eigenvalue weighted by Crippen LogP contribution is 2.28. The molecule has 120 valence electrons. The average molecular weight is 297 g/mol. The molecule has 6 heteroatoms. The minimum atomic E-state index is -0.500. The molecule has 0 spiro atoms. The number of carbonyl (C=O) groups is 2. The largest absolute Gasteiger partial charge is 0.378 e. The van der Waals surface area contributed by atoms with E-state index in [2.05, 4.69) is 12.2 Å². The van der Waals surface area contributed by atoms with Crippen LogP contribution in [0.5, 0.6) is 0 Å². The highest BCUT2D eigenvalue weighted by atomic mass is 16.5. The maximum Gasteiger partial charge on any atom is 0.245 e. The van der Waals surface area contributed by atoms with Crippen LogP contribution in [0.15, 0.2) is 0 Å². The molecule has 1 saturated heterocycles. The lowest BCUT2D eigenvalue weighted by molar-refractivity contribution is -0.140. The fraction of sp³-hybridized carbons (Fsp3) is 0.867. The van der Waals surface area contributed by atoms with Crippen LogP contribution in [0.25, 0.3) is 0 Å². The molecule has 2 aliphatic rings. The molecule has 0 bridgehead atoms. The van der Waals surface area contributed by atoms with Gasteiger partial charge in [-0.15, -0.1) is 0 Å². The lowest BCUT2D eigenvalue weighted by atomic mass is 9.78. The van der Waals surface area contributed by atoms with Crippen LogP contribution in [0.2, 0.25) is 0 Å². The summed E-state index contributed by atoms with van der Waals surface area (Å²) in [6, 6.07) is -0.607. The highest BCUT2D eigenvalue weighted by molar-refractivity contribution is 5.88. The molecular weight excluding hydrogens is 270 g/mol. The Bertz CT molecular complexity index is 382. The number of rotatable bonds is 3. The predicted octanol–water partition coefficient (Wildman–Crippen LogP) is 0.113. The van der Waals surface area contributed by atoms with Crippen molar-refractivity contribution in [3.63, 3.8) is 0 Å². The molecule has 0 aromatic rings. The maximum atomic E-state index is 12.4. The molecule has 0 aromatic carbocycles. The number of ether oxygens (including phenoxy) is 1. The molecule has 21 heavy (non-hydrogen) atoms. The Kier molecular flexibility index (Phi) is 5.58. The Morgan fingerprint density at radius 1 is 1.29 bits per heavy atom. The number of carbonyl (C=O) groups excluding carboxylic acids is 2. The first-order valence-electron chi connectivity index (χ1n) is 7.93. The maximum absolute atomic E-state index is 12.4. The van der Waals surface area contributed by atoms with Gasteiger partial charge in [-0.1, -0.05) is 13.3 Å². The van der Waals surface area contributed by atoms with Crippen molar-refractivity contribution in [2.24, 2.45) is 17.6 Å². The van der Waals surface area contributed by atoms with Crippen molar-refractivity contribution in [1.29, 1.82) is 0 Å². The Morgan fingerprint density at radius 2 is 1.95 bits per heavy atom. The summed E-state index contributed by atoms with van der Waals surface area (Å²) in [6.07, 6.45) is 2.92. The Balaban J connectivity index is 1.87. The lowest BCUT2D eigenvalue weighted by Gasteiger charge is -2.34. The normalized spacial score (nSPS) is 31.6. The van der Waals surface area contributed by atoms with Gasteiger partial charge in [-0.2, -0.15) is 0 Å². The van der Waals surface area contributed by atoms with Gasteiger partial charge < -0.3 is 20.7 Å². The van der Waals surface area contributed by atoms with Gasteiger partial charge in [0, 0.05) is 19.1 Å². The summed E-state index contributed by atoms with van der Waals surface area (Å²) in [5, 5.41) is 2.85. The zero-order chi connectivity index (χ0) is 15.4. The van der Waals surface area contributed by atoms with E-state index in [1.165, 1.54) is 0 Å². The molecular formula is C15H27N3O3. The van der Waals surface area contributed by atoms with Crippen molar-refractivity contribution in [3.05, 3.63) is 0 Å². The van der Waals surface area contributed by atoms with Crippen LogP contribution in [0.4, 0.5) is 0 Å². The molecule has 2 amide bonds. The van der Waals surface area contributed by atoms with Gasteiger partial charge in [0.15, 0.2) is 0 Å². The molecule has 1 heterocycles. The third-order valence-corrected chi connectivity index (χ3v) is 4.68. The fourth-order valence-corrected chi connectivity index (χ4v) is 3.19. The summed E-state index contributed by atoms with van der Waals surface area (Å²) < 4.78 is 5.23. The summed E-state index contributed by atoms with van der Waals surface area (Å²) in [4.78, 5) is 26.4. The van der Waals surface area contributed by atoms with E-state index in [1.807, 2.05) is 0 Å². The van der Waals surface area contributed by atoms with Gasteiger partial charge in [-0.05, 0) is 25.7 Å². The molecule has 4 atom stereocenters. The Labute approximate surface area is 126 Å². The Morgan fingerprint density at radius 3 is 2.62 bits per heavy atom. The van der Waals surface area contributed by atoms with E-state index in [-0.39, 0.29) is 23.8 Å². The number of morpholine rings is 1. The topological polar surface area (TPSA) is 84.7 Å². The number of nitrogens with zero attached hydrogens (tertiary/aromatic N) is 1. The van der Waals surface area contributed by atoms with Crippen LogP contribution in [0.3, 0.4) is 0 Å². The Hall–Kier alpha value is -1.14. The van der Waals surface area contributed by atoms with Gasteiger partial charge in [-0.25, -0.2) is 0 Å². The third-order valence-electron chi connectivity index (χ3n) is 4.68. The van der Waals surface area contributed by atoms with E-state index in [0.29, 0.717) is 32.2 Å². The second-order valence-electron chi connectivity index (χ2n) is 6.26. The van der Waals surface area contributed by atoms with Gasteiger partial charge in [0.1, 0.15) is 6.04 Å². The van der Waals surface area contributed by atoms with Crippen LogP contribution >= 0.6 is 0 Å². The minimum Gasteiger partial charge on any atom is -0.378 e. The van der Waals surface area contributed by atoms with Crippen molar-refractivity contribution in [2.75, 3.05) is 26.3 Å². The molecule has 1 aliphatic carbocycles. The van der Waals surface area contributed by atoms with Crippen molar-refractivity contribution in [3.8, 4) is 0 Å². The van der Waals surface area contributed by atoms with Gasteiger partial charge in [-0.3, -0.25) is 9.59 Å². The molecule has 0 radical (unpaired) electrons. The van der Waals surface area contributed by atoms with Crippen LogP contribution < -0.4 is 11.1 Å². The van der Waals surface area contributed by atoms with Gasteiger partial charge in [0.05, 0.1) is 19.1 Å². The van der Waals surface area contributed by atoms with E-state index >= 15 is 0 Å². The zero-order valence-corrected chi connectivity index (χ0v) is 13.0. The summed E-state index contributed by atoms with van der Waals surface area (Å²) in [7, 11) is 0. The first kappa shape index (κ1) is 16.2. The molecule has 2 fully saturated rings. The van der Waals surface area contributed by atoms with E-state index in [9.17, 15) is 9.59 Å². The summed E-state index contributed by atoms with van der Waals surface area (Å²) in [6.45, 7) is 6.16. The van der Waals surface area contributed by atoms with Crippen LogP contribution in [-0.2, 0) is 14.3 Å². The molecule has 3 N–H and O–H groups in total. The van der Waals surface area contributed by atoms with Crippen molar-refractivity contribution in [2.45, 2.75) is 45.2 Å². The van der Waals surface area contributed by atoms with Crippen LogP contribution in [0.1, 0.15) is 33.1 Å². The number of nitrogens with one attached hydrogen (secondary N) is 1. The first-order valence-corrected chi connectivity index (χ1v) is 7.93. The summed E-state index contributed by atoms with van der Waals surface area (Å²) >= 11 is 0. The second kappa shape index (κ2) is 7.22. The smallest absolute Gasteiger partial charge is 0.245 e. The average Bonchev–Trinajstić information content (AvgIpc) is 2.50. The van der Waals surface area contributed by atoms with Gasteiger partial charge >= 0.3 is 0 Å². The van der Waals surface area contributed by atoms with E-state index in [0.717, 1.165) is 19.3 Å². The zero-order valence-electron chi connectivity index (χ0n) is 13.0. The standard InChI is InChI=1S/C15H27N3O3/c1-10-4-3-5-12(13(10)16)14(19)17-11(2)15(20)18-6-8-21-9-7-18/h10-13H,3-9,16H2,1-2H3,(H,17,19). The van der Waals surface area contributed by atoms with Crippen molar-refractivity contribution < 1.29 is 14.3 Å². The molecule has 1 aliphatic heterocycles. The molecule has 2 rings (SSSR count). The second-order valence-corrected chi connectivity index (χ2v) is 6.26. The number of hydrogen-bond donors (Lipinski definition) is 2. The first-order chi connectivity index (χ1) is 10.0. The highest BCUT2D eigenvalue weighted by Gasteiger charge is 2.34. The van der Waals surface area contributed by atoms with E-state index in [1.54, 1.807) is 11.8 Å². The molecule has 6 nitrogen and oxygen atoms in total. The predicted molar refractivity (Wildman–Crippen MR) is 79.5 cm³/mol. The number of hydrogen-bond acceptors (Lipinski definition) is 4. The lowest BCUT2D eigenvalue weighted by Crippen LogP contribution is -2.54. The summed E-state index contributed by atoms with van der Waals surface area (Å²) in [5.74, 6) is 0.0701. The quantitative estimate of drug-likeness (QED) is 0.774. The number of nitrogens with two attached hydrogens (primary N) is 1. The molecule has 1 saturated carbocycles. The van der Waals surface area contributed by atoms with Crippen molar-refractivity contribution >= 4 is 11.8 Å². The SMILES string of the molecule is CC(NC(=O)C1CCCC(C)C1N)C(=O)N1CCOCC1. The monoisotopic (exact) mass is 297 g/mol. The summed E-state index contributed by atoms with van der Waals surface area (Å²) in [5.41, 5.74) is 6.15. The van der Waals surface area contributed by atoms with Crippen molar-refractivity contribution in [1.82, 2.24) is 10.2 Å².